The quantitative estimate of drug-likeness (QED) is 0.657. The average Bonchev–Trinajstić information content (AvgIpc) is 2.43. The monoisotopic (exact) mass is 185 g/mol. The van der Waals surface area contributed by atoms with E-state index in [9.17, 15) is 4.79 Å². The van der Waals surface area contributed by atoms with E-state index in [1.165, 1.54) is 0 Å². The molecule has 1 fully saturated rings. The fourth-order valence-electron chi connectivity index (χ4n) is 1.81. The SMILES string of the molecule is COCCN1CCC(C(C)C)C1=O. The second kappa shape index (κ2) is 4.61. The van der Waals surface area contributed by atoms with Crippen LogP contribution in [0.2, 0.25) is 0 Å². The summed E-state index contributed by atoms with van der Waals surface area (Å²) in [6, 6.07) is 0. The Morgan fingerprint density at radius 2 is 2.31 bits per heavy atom. The van der Waals surface area contributed by atoms with Crippen molar-refractivity contribution in [3.8, 4) is 0 Å². The zero-order chi connectivity index (χ0) is 9.84. The van der Waals surface area contributed by atoms with Gasteiger partial charge in [0.2, 0.25) is 5.91 Å². The number of amides is 1. The lowest BCUT2D eigenvalue weighted by molar-refractivity contribution is -0.132. The maximum absolute atomic E-state index is 11.7. The molecule has 0 aromatic carbocycles. The number of ether oxygens (including phenoxy) is 1. The molecule has 1 heterocycles. The molecule has 0 radical (unpaired) electrons. The van der Waals surface area contributed by atoms with Gasteiger partial charge in [-0.1, -0.05) is 13.8 Å². The fourth-order valence-corrected chi connectivity index (χ4v) is 1.81. The molecule has 1 aliphatic rings. The summed E-state index contributed by atoms with van der Waals surface area (Å²) in [6.45, 7) is 6.53. The van der Waals surface area contributed by atoms with E-state index in [2.05, 4.69) is 13.8 Å². The van der Waals surface area contributed by atoms with Gasteiger partial charge >= 0.3 is 0 Å². The summed E-state index contributed by atoms with van der Waals surface area (Å²) in [5, 5.41) is 0. The number of likely N-dealkylation sites (tertiary alicyclic amines) is 1. The Morgan fingerprint density at radius 1 is 1.62 bits per heavy atom. The van der Waals surface area contributed by atoms with Crippen molar-refractivity contribution < 1.29 is 9.53 Å². The van der Waals surface area contributed by atoms with Crippen molar-refractivity contribution in [3.63, 3.8) is 0 Å². The van der Waals surface area contributed by atoms with Gasteiger partial charge in [0.05, 0.1) is 6.61 Å². The van der Waals surface area contributed by atoms with E-state index in [0.717, 1.165) is 19.5 Å². The predicted molar refractivity (Wildman–Crippen MR) is 51.4 cm³/mol. The Kier molecular flexibility index (Phi) is 3.72. The standard InChI is InChI=1S/C10H19NO2/c1-8(2)9-4-5-11(10(9)12)6-7-13-3/h8-9H,4-7H2,1-3H3. The Bertz CT molecular complexity index is 180. The van der Waals surface area contributed by atoms with Crippen LogP contribution in [0.3, 0.4) is 0 Å². The summed E-state index contributed by atoms with van der Waals surface area (Å²) in [5.41, 5.74) is 0. The summed E-state index contributed by atoms with van der Waals surface area (Å²) in [7, 11) is 1.67. The third kappa shape index (κ3) is 2.44. The van der Waals surface area contributed by atoms with Gasteiger partial charge in [0, 0.05) is 26.1 Å². The van der Waals surface area contributed by atoms with Crippen LogP contribution in [0.5, 0.6) is 0 Å². The van der Waals surface area contributed by atoms with E-state index in [1.54, 1.807) is 7.11 Å². The predicted octanol–water partition coefficient (Wildman–Crippen LogP) is 1.14. The molecule has 1 rings (SSSR count). The first-order valence-corrected chi connectivity index (χ1v) is 4.94. The van der Waals surface area contributed by atoms with Crippen LogP contribution >= 0.6 is 0 Å². The highest BCUT2D eigenvalue weighted by Gasteiger charge is 2.32. The van der Waals surface area contributed by atoms with Gasteiger partial charge in [-0.15, -0.1) is 0 Å². The lowest BCUT2D eigenvalue weighted by atomic mass is 9.95. The van der Waals surface area contributed by atoms with Gasteiger partial charge in [-0.2, -0.15) is 0 Å². The van der Waals surface area contributed by atoms with Crippen LogP contribution in [0.4, 0.5) is 0 Å². The smallest absolute Gasteiger partial charge is 0.226 e. The highest BCUT2D eigenvalue weighted by molar-refractivity contribution is 5.81. The van der Waals surface area contributed by atoms with Gasteiger partial charge in [0.25, 0.3) is 0 Å². The van der Waals surface area contributed by atoms with Crippen LogP contribution in [0.25, 0.3) is 0 Å². The van der Waals surface area contributed by atoms with Crippen LogP contribution in [-0.4, -0.2) is 37.6 Å². The van der Waals surface area contributed by atoms with Crippen molar-refractivity contribution in [1.82, 2.24) is 4.90 Å². The maximum atomic E-state index is 11.7. The van der Waals surface area contributed by atoms with Crippen LogP contribution in [-0.2, 0) is 9.53 Å². The van der Waals surface area contributed by atoms with E-state index in [-0.39, 0.29) is 5.92 Å². The normalized spacial score (nSPS) is 23.2. The van der Waals surface area contributed by atoms with Gasteiger partial charge in [-0.05, 0) is 12.3 Å². The number of hydrogen-bond donors (Lipinski definition) is 0. The van der Waals surface area contributed by atoms with Gasteiger partial charge in [-0.3, -0.25) is 4.79 Å². The molecule has 13 heavy (non-hydrogen) atoms. The molecule has 76 valence electrons. The first-order valence-electron chi connectivity index (χ1n) is 4.94. The molecule has 1 atom stereocenters. The summed E-state index contributed by atoms with van der Waals surface area (Å²) in [4.78, 5) is 13.6. The number of nitrogens with zero attached hydrogens (tertiary/aromatic N) is 1. The first kappa shape index (κ1) is 10.5. The second-order valence-electron chi connectivity index (χ2n) is 3.96. The largest absolute Gasteiger partial charge is 0.383 e. The van der Waals surface area contributed by atoms with Crippen molar-refractivity contribution in [2.24, 2.45) is 11.8 Å². The van der Waals surface area contributed by atoms with Gasteiger partial charge in [0.1, 0.15) is 0 Å². The van der Waals surface area contributed by atoms with E-state index in [1.807, 2.05) is 4.90 Å². The van der Waals surface area contributed by atoms with Crippen LogP contribution < -0.4 is 0 Å². The summed E-state index contributed by atoms with van der Waals surface area (Å²) in [6.07, 6.45) is 1.01. The minimum atomic E-state index is 0.247. The molecular weight excluding hydrogens is 166 g/mol. The maximum Gasteiger partial charge on any atom is 0.226 e. The molecule has 1 saturated heterocycles. The van der Waals surface area contributed by atoms with E-state index >= 15 is 0 Å². The third-order valence-corrected chi connectivity index (χ3v) is 2.71. The van der Waals surface area contributed by atoms with Crippen molar-refractivity contribution in [2.45, 2.75) is 20.3 Å². The second-order valence-corrected chi connectivity index (χ2v) is 3.96. The molecule has 0 spiro atoms. The lowest BCUT2D eigenvalue weighted by Crippen LogP contribution is -2.31. The number of carbonyl (C=O) groups is 1. The highest BCUT2D eigenvalue weighted by Crippen LogP contribution is 2.24. The first-order chi connectivity index (χ1) is 6.16. The molecular formula is C10H19NO2. The minimum Gasteiger partial charge on any atom is -0.383 e. The lowest BCUT2D eigenvalue weighted by Gasteiger charge is -2.17. The number of rotatable bonds is 4. The van der Waals surface area contributed by atoms with Crippen LogP contribution in [0.1, 0.15) is 20.3 Å². The Morgan fingerprint density at radius 3 is 2.77 bits per heavy atom. The number of carbonyl (C=O) groups excluding carboxylic acids is 1. The molecule has 0 saturated carbocycles. The number of hydrogen-bond acceptors (Lipinski definition) is 2. The fraction of sp³-hybridized carbons (Fsp3) is 0.900. The summed E-state index contributed by atoms with van der Waals surface area (Å²) >= 11 is 0. The molecule has 3 nitrogen and oxygen atoms in total. The van der Waals surface area contributed by atoms with Crippen molar-refractivity contribution >= 4 is 5.91 Å². The zero-order valence-corrected chi connectivity index (χ0v) is 8.75. The molecule has 1 amide bonds. The molecule has 0 aliphatic carbocycles. The Balaban J connectivity index is 2.41. The van der Waals surface area contributed by atoms with Gasteiger partial charge < -0.3 is 9.64 Å². The van der Waals surface area contributed by atoms with E-state index in [4.69, 9.17) is 4.74 Å². The third-order valence-electron chi connectivity index (χ3n) is 2.71. The molecule has 0 N–H and O–H groups in total. The van der Waals surface area contributed by atoms with E-state index < -0.39 is 0 Å². The molecule has 0 aromatic heterocycles. The van der Waals surface area contributed by atoms with Gasteiger partial charge in [-0.25, -0.2) is 0 Å². The van der Waals surface area contributed by atoms with Crippen molar-refractivity contribution in [2.75, 3.05) is 26.8 Å². The van der Waals surface area contributed by atoms with E-state index in [0.29, 0.717) is 18.4 Å². The summed E-state index contributed by atoms with van der Waals surface area (Å²) < 4.78 is 4.95. The summed E-state index contributed by atoms with van der Waals surface area (Å²) in [5.74, 6) is 1.03. The molecule has 0 aromatic rings. The zero-order valence-electron chi connectivity index (χ0n) is 8.75. The Hall–Kier alpha value is -0.570. The molecule has 1 aliphatic heterocycles. The topological polar surface area (TPSA) is 29.5 Å². The molecule has 1 unspecified atom stereocenters. The van der Waals surface area contributed by atoms with Gasteiger partial charge in [0.15, 0.2) is 0 Å². The van der Waals surface area contributed by atoms with Crippen molar-refractivity contribution in [3.05, 3.63) is 0 Å². The Labute approximate surface area is 80.1 Å². The van der Waals surface area contributed by atoms with Crippen LogP contribution in [0, 0.1) is 11.8 Å². The average molecular weight is 185 g/mol. The van der Waals surface area contributed by atoms with Crippen molar-refractivity contribution in [1.29, 1.82) is 0 Å². The molecule has 0 bridgehead atoms. The molecule has 3 heteroatoms. The highest BCUT2D eigenvalue weighted by atomic mass is 16.5. The minimum absolute atomic E-state index is 0.247. The number of methoxy groups -OCH3 is 1. The van der Waals surface area contributed by atoms with Crippen LogP contribution in [0.15, 0.2) is 0 Å².